The first-order valence-electron chi connectivity index (χ1n) is 5.45. The van der Waals surface area contributed by atoms with Crippen LogP contribution in [0.25, 0.3) is 0 Å². The van der Waals surface area contributed by atoms with Crippen molar-refractivity contribution in [3.05, 3.63) is 33.4 Å². The maximum absolute atomic E-state index is 12.1. The molecule has 0 fully saturated rings. The van der Waals surface area contributed by atoms with Crippen LogP contribution in [0.1, 0.15) is 9.88 Å². The summed E-state index contributed by atoms with van der Waals surface area (Å²) in [4.78, 5) is 8.68. The van der Waals surface area contributed by atoms with E-state index in [0.29, 0.717) is 0 Å². The molecule has 0 atom stereocenters. The topological polar surface area (TPSA) is 110 Å². The number of hydrogen-bond donors (Lipinski definition) is 3. The number of nitrogens with zero attached hydrogens (tertiary/aromatic N) is 2. The van der Waals surface area contributed by atoms with Crippen molar-refractivity contribution in [2.45, 2.75) is 18.4 Å². The second-order valence-electron chi connectivity index (χ2n) is 3.82. The van der Waals surface area contributed by atoms with Crippen LogP contribution in [0.3, 0.4) is 0 Å². The van der Waals surface area contributed by atoms with Crippen molar-refractivity contribution >= 4 is 38.8 Å². The van der Waals surface area contributed by atoms with Gasteiger partial charge in [-0.1, -0.05) is 11.6 Å². The molecule has 20 heavy (non-hydrogen) atoms. The fourth-order valence-electron chi connectivity index (χ4n) is 1.41. The summed E-state index contributed by atoms with van der Waals surface area (Å²) in [5, 5.41) is 1.01. The van der Waals surface area contributed by atoms with E-state index in [4.69, 9.17) is 17.4 Å². The number of rotatable bonds is 5. The van der Waals surface area contributed by atoms with E-state index in [0.717, 1.165) is 9.88 Å². The standard InChI is InChI=1S/C10H12ClN5O2S2/c1-6-13-3-7(19-6)4-15-20(17,18)8-2-9(11)10(16-12)14-5-8/h2-3,5,15H,4,12H2,1H3,(H,14,16). The summed E-state index contributed by atoms with van der Waals surface area (Å²) in [7, 11) is -3.68. The fourth-order valence-corrected chi connectivity index (χ4v) is 3.50. The third-order valence-electron chi connectivity index (χ3n) is 2.37. The Hall–Kier alpha value is -1.26. The van der Waals surface area contributed by atoms with E-state index in [9.17, 15) is 8.42 Å². The van der Waals surface area contributed by atoms with Gasteiger partial charge in [0, 0.05) is 23.8 Å². The lowest BCUT2D eigenvalue weighted by Crippen LogP contribution is -2.23. The van der Waals surface area contributed by atoms with Gasteiger partial charge in [0.05, 0.1) is 10.0 Å². The van der Waals surface area contributed by atoms with Gasteiger partial charge in [0.1, 0.15) is 4.90 Å². The Balaban J connectivity index is 2.15. The molecule has 0 aliphatic rings. The normalized spacial score (nSPS) is 11.6. The number of halogens is 1. The molecule has 0 aliphatic carbocycles. The number of nitrogen functional groups attached to an aromatic ring is 1. The summed E-state index contributed by atoms with van der Waals surface area (Å²) >= 11 is 7.28. The van der Waals surface area contributed by atoms with E-state index in [1.165, 1.54) is 23.6 Å². The number of thiazole rings is 1. The number of sulfonamides is 1. The van der Waals surface area contributed by atoms with E-state index in [1.54, 1.807) is 6.20 Å². The Morgan fingerprint density at radius 2 is 2.15 bits per heavy atom. The van der Waals surface area contributed by atoms with Crippen LogP contribution >= 0.6 is 22.9 Å². The predicted molar refractivity (Wildman–Crippen MR) is 77.9 cm³/mol. The van der Waals surface area contributed by atoms with Crippen LogP contribution in [0.4, 0.5) is 5.82 Å². The van der Waals surface area contributed by atoms with E-state index < -0.39 is 10.0 Å². The summed E-state index contributed by atoms with van der Waals surface area (Å²) < 4.78 is 26.6. The van der Waals surface area contributed by atoms with Crippen molar-refractivity contribution in [3.8, 4) is 0 Å². The van der Waals surface area contributed by atoms with Crippen LogP contribution in [0.2, 0.25) is 5.02 Å². The molecule has 0 unspecified atom stereocenters. The van der Waals surface area contributed by atoms with E-state index in [2.05, 4.69) is 20.1 Å². The zero-order chi connectivity index (χ0) is 14.8. The lowest BCUT2D eigenvalue weighted by molar-refractivity contribution is 0.581. The summed E-state index contributed by atoms with van der Waals surface area (Å²) in [5.41, 5.74) is 2.27. The highest BCUT2D eigenvalue weighted by Crippen LogP contribution is 2.21. The Bertz CT molecular complexity index is 716. The van der Waals surface area contributed by atoms with Crippen LogP contribution in [-0.4, -0.2) is 18.4 Å². The highest BCUT2D eigenvalue weighted by molar-refractivity contribution is 7.89. The summed E-state index contributed by atoms with van der Waals surface area (Å²) in [6, 6.07) is 1.28. The SMILES string of the molecule is Cc1ncc(CNS(=O)(=O)c2cnc(NN)c(Cl)c2)s1. The number of pyridine rings is 1. The summed E-state index contributed by atoms with van der Waals surface area (Å²) in [6.07, 6.45) is 2.82. The van der Waals surface area contributed by atoms with E-state index in [-0.39, 0.29) is 22.3 Å². The number of anilines is 1. The molecule has 0 spiro atoms. The molecule has 0 aliphatic heterocycles. The Kier molecular flexibility index (Phi) is 4.55. The zero-order valence-electron chi connectivity index (χ0n) is 10.4. The van der Waals surface area contributed by atoms with Crippen LogP contribution in [0.15, 0.2) is 23.4 Å². The lowest BCUT2D eigenvalue weighted by atomic mass is 10.5. The molecule has 108 valence electrons. The third kappa shape index (κ3) is 3.44. The number of aryl methyl sites for hydroxylation is 1. The third-order valence-corrected chi connectivity index (χ3v) is 4.94. The van der Waals surface area contributed by atoms with Crippen LogP contribution < -0.4 is 16.0 Å². The molecule has 0 radical (unpaired) electrons. The molecule has 2 heterocycles. The maximum Gasteiger partial charge on any atom is 0.242 e. The second-order valence-corrected chi connectivity index (χ2v) is 7.31. The van der Waals surface area contributed by atoms with E-state index >= 15 is 0 Å². The molecule has 0 aromatic carbocycles. The fraction of sp³-hybridized carbons (Fsp3) is 0.200. The molecule has 7 nitrogen and oxygen atoms in total. The predicted octanol–water partition coefficient (Wildman–Crippen LogP) is 1.26. The number of nitrogens with two attached hydrogens (primary N) is 1. The van der Waals surface area contributed by atoms with Crippen LogP contribution in [0.5, 0.6) is 0 Å². The number of nitrogens with one attached hydrogen (secondary N) is 2. The summed E-state index contributed by atoms with van der Waals surface area (Å²) in [5.74, 6) is 5.39. The van der Waals surface area contributed by atoms with Gasteiger partial charge >= 0.3 is 0 Å². The first kappa shape index (κ1) is 15.1. The molecular formula is C10H12ClN5O2S2. The van der Waals surface area contributed by atoms with Crippen LogP contribution in [-0.2, 0) is 16.6 Å². The van der Waals surface area contributed by atoms with Gasteiger partial charge in [-0.15, -0.1) is 11.3 Å². The smallest absolute Gasteiger partial charge is 0.242 e. The van der Waals surface area contributed by atoms with Crippen molar-refractivity contribution in [2.24, 2.45) is 5.84 Å². The first-order chi connectivity index (χ1) is 9.42. The number of hydrazine groups is 1. The molecule has 2 aromatic heterocycles. The van der Waals surface area contributed by atoms with Gasteiger partial charge in [0.15, 0.2) is 5.82 Å². The maximum atomic E-state index is 12.1. The van der Waals surface area contributed by atoms with Crippen LogP contribution in [0, 0.1) is 6.92 Å². The molecule has 0 saturated carbocycles. The molecule has 0 bridgehead atoms. The first-order valence-corrected chi connectivity index (χ1v) is 8.13. The Morgan fingerprint density at radius 1 is 1.40 bits per heavy atom. The molecule has 10 heteroatoms. The van der Waals surface area contributed by atoms with Crippen molar-refractivity contribution in [1.82, 2.24) is 14.7 Å². The minimum Gasteiger partial charge on any atom is -0.307 e. The van der Waals surface area contributed by atoms with Crippen molar-refractivity contribution in [2.75, 3.05) is 5.43 Å². The van der Waals surface area contributed by atoms with Crippen molar-refractivity contribution in [1.29, 1.82) is 0 Å². The van der Waals surface area contributed by atoms with Gasteiger partial charge in [-0.2, -0.15) is 0 Å². The number of hydrogen-bond acceptors (Lipinski definition) is 7. The molecule has 2 rings (SSSR count). The quantitative estimate of drug-likeness (QED) is 0.561. The minimum absolute atomic E-state index is 0.0252. The van der Waals surface area contributed by atoms with Gasteiger partial charge < -0.3 is 5.43 Å². The average Bonchev–Trinajstić information content (AvgIpc) is 2.82. The van der Waals surface area contributed by atoms with Gasteiger partial charge in [-0.05, 0) is 13.0 Å². The van der Waals surface area contributed by atoms with Gasteiger partial charge in [0.2, 0.25) is 10.0 Å². The van der Waals surface area contributed by atoms with Gasteiger partial charge in [0.25, 0.3) is 0 Å². The van der Waals surface area contributed by atoms with E-state index in [1.807, 2.05) is 6.92 Å². The largest absolute Gasteiger partial charge is 0.307 e. The number of aromatic nitrogens is 2. The average molecular weight is 334 g/mol. The van der Waals surface area contributed by atoms with Gasteiger partial charge in [-0.3, -0.25) is 0 Å². The summed E-state index contributed by atoms with van der Waals surface area (Å²) in [6.45, 7) is 2.02. The minimum atomic E-state index is -3.68. The monoisotopic (exact) mass is 333 g/mol. The second kappa shape index (κ2) is 6.02. The highest BCUT2D eigenvalue weighted by atomic mass is 35.5. The lowest BCUT2D eigenvalue weighted by Gasteiger charge is -2.07. The molecule has 2 aromatic rings. The van der Waals surface area contributed by atoms with Gasteiger partial charge in [-0.25, -0.2) is 29.0 Å². The highest BCUT2D eigenvalue weighted by Gasteiger charge is 2.16. The van der Waals surface area contributed by atoms with Crippen molar-refractivity contribution < 1.29 is 8.42 Å². The molecule has 0 amide bonds. The Morgan fingerprint density at radius 3 is 2.70 bits per heavy atom. The zero-order valence-corrected chi connectivity index (χ0v) is 12.8. The molecule has 4 N–H and O–H groups in total. The molecular weight excluding hydrogens is 322 g/mol. The van der Waals surface area contributed by atoms with Crippen molar-refractivity contribution in [3.63, 3.8) is 0 Å². The molecule has 0 saturated heterocycles. The Labute approximate surface area is 125 Å².